The number of hydrogen-bond donors (Lipinski definition) is 0. The Bertz CT molecular complexity index is 415. The van der Waals surface area contributed by atoms with Gasteiger partial charge in [-0.15, -0.1) is 11.3 Å². The third-order valence-corrected chi connectivity index (χ3v) is 3.71. The molecule has 0 aliphatic heterocycles. The van der Waals surface area contributed by atoms with Gasteiger partial charge in [-0.2, -0.15) is 0 Å². The molecule has 84 valence electrons. The van der Waals surface area contributed by atoms with Crippen molar-refractivity contribution in [2.24, 2.45) is 0 Å². The Morgan fingerprint density at radius 1 is 0.938 bits per heavy atom. The van der Waals surface area contributed by atoms with Crippen molar-refractivity contribution in [2.45, 2.75) is 32.6 Å². The quantitative estimate of drug-likeness (QED) is 0.710. The molecule has 0 radical (unpaired) electrons. The minimum absolute atomic E-state index is 1.16. The Morgan fingerprint density at radius 2 is 1.75 bits per heavy atom. The van der Waals surface area contributed by atoms with Gasteiger partial charge in [-0.25, -0.2) is 0 Å². The summed E-state index contributed by atoms with van der Waals surface area (Å²) in [6.45, 7) is 2.23. The van der Waals surface area contributed by atoms with E-state index in [9.17, 15) is 0 Å². The molecule has 0 fully saturated rings. The second-order valence-electron chi connectivity index (χ2n) is 4.15. The van der Waals surface area contributed by atoms with E-state index < -0.39 is 0 Å². The van der Waals surface area contributed by atoms with Crippen molar-refractivity contribution in [3.05, 3.63) is 57.8 Å². The number of rotatable bonds is 5. The Hall–Kier alpha value is -1.08. The molecule has 0 unspecified atom stereocenters. The minimum Gasteiger partial charge on any atom is -0.149 e. The van der Waals surface area contributed by atoms with Crippen molar-refractivity contribution in [1.29, 1.82) is 0 Å². The van der Waals surface area contributed by atoms with Crippen LogP contribution in [0.25, 0.3) is 0 Å². The van der Waals surface area contributed by atoms with Crippen LogP contribution in [0.1, 0.15) is 29.3 Å². The highest BCUT2D eigenvalue weighted by molar-refractivity contribution is 7.09. The van der Waals surface area contributed by atoms with Crippen molar-refractivity contribution in [1.82, 2.24) is 0 Å². The number of thiophene rings is 1. The topological polar surface area (TPSA) is 0 Å². The summed E-state index contributed by atoms with van der Waals surface area (Å²) in [5.41, 5.74) is 2.95. The summed E-state index contributed by atoms with van der Waals surface area (Å²) in [5.74, 6) is 0. The van der Waals surface area contributed by atoms with E-state index in [1.165, 1.54) is 35.3 Å². The van der Waals surface area contributed by atoms with E-state index in [2.05, 4.69) is 48.7 Å². The molecule has 0 saturated heterocycles. The van der Waals surface area contributed by atoms with Crippen LogP contribution in [0, 0.1) is 0 Å². The molecule has 0 aliphatic rings. The van der Waals surface area contributed by atoms with Crippen LogP contribution < -0.4 is 0 Å². The monoisotopic (exact) mass is 230 g/mol. The van der Waals surface area contributed by atoms with Gasteiger partial charge in [0, 0.05) is 4.88 Å². The van der Waals surface area contributed by atoms with Crippen LogP contribution >= 0.6 is 11.3 Å². The maximum atomic E-state index is 2.36. The molecule has 0 amide bonds. The highest BCUT2D eigenvalue weighted by Crippen LogP contribution is 2.14. The first-order valence-corrected chi connectivity index (χ1v) is 6.86. The first-order valence-electron chi connectivity index (χ1n) is 5.98. The zero-order chi connectivity index (χ0) is 11.2. The van der Waals surface area contributed by atoms with Gasteiger partial charge >= 0.3 is 0 Å². The highest BCUT2D eigenvalue weighted by atomic mass is 32.1. The molecular weight excluding hydrogens is 212 g/mol. The largest absolute Gasteiger partial charge is 0.149 e. The Morgan fingerprint density at radius 3 is 2.44 bits per heavy atom. The molecule has 0 nitrogen and oxygen atoms in total. The fourth-order valence-corrected chi connectivity index (χ4v) is 2.66. The lowest BCUT2D eigenvalue weighted by Crippen LogP contribution is -1.91. The Labute approximate surface area is 102 Å². The van der Waals surface area contributed by atoms with Crippen LogP contribution in [-0.4, -0.2) is 0 Å². The maximum Gasteiger partial charge on any atom is 0.00485 e. The van der Waals surface area contributed by atoms with E-state index >= 15 is 0 Å². The molecule has 0 N–H and O–H groups in total. The average Bonchev–Trinajstić information content (AvgIpc) is 2.80. The van der Waals surface area contributed by atoms with Gasteiger partial charge in [0.15, 0.2) is 0 Å². The first-order chi connectivity index (χ1) is 7.88. The Kier molecular flexibility index (Phi) is 4.17. The van der Waals surface area contributed by atoms with Gasteiger partial charge in [0.2, 0.25) is 0 Å². The summed E-state index contributed by atoms with van der Waals surface area (Å²) in [7, 11) is 0. The molecule has 16 heavy (non-hydrogen) atoms. The zero-order valence-electron chi connectivity index (χ0n) is 9.78. The fraction of sp³-hybridized carbons (Fsp3) is 0.333. The molecule has 1 heteroatoms. The predicted molar refractivity (Wildman–Crippen MR) is 72.2 cm³/mol. The van der Waals surface area contributed by atoms with Crippen LogP contribution in [0.4, 0.5) is 0 Å². The van der Waals surface area contributed by atoms with E-state index in [1.54, 1.807) is 0 Å². The molecule has 1 aromatic carbocycles. The van der Waals surface area contributed by atoms with Crippen molar-refractivity contribution in [3.8, 4) is 0 Å². The number of hydrogen-bond acceptors (Lipinski definition) is 1. The summed E-state index contributed by atoms with van der Waals surface area (Å²) in [4.78, 5) is 1.49. The minimum atomic E-state index is 1.16. The van der Waals surface area contributed by atoms with Crippen LogP contribution in [0.5, 0.6) is 0 Å². The van der Waals surface area contributed by atoms with Gasteiger partial charge in [-0.3, -0.25) is 0 Å². The van der Waals surface area contributed by atoms with Gasteiger partial charge in [-0.05, 0) is 41.8 Å². The van der Waals surface area contributed by atoms with Crippen LogP contribution in [0.3, 0.4) is 0 Å². The van der Waals surface area contributed by atoms with Gasteiger partial charge in [-0.1, -0.05) is 43.7 Å². The lowest BCUT2D eigenvalue weighted by atomic mass is 10.0. The molecule has 0 bridgehead atoms. The van der Waals surface area contributed by atoms with E-state index in [0.717, 1.165) is 6.42 Å². The highest BCUT2D eigenvalue weighted by Gasteiger charge is 1.98. The lowest BCUT2D eigenvalue weighted by molar-refractivity contribution is 0.910. The van der Waals surface area contributed by atoms with E-state index in [1.807, 2.05) is 11.3 Å². The summed E-state index contributed by atoms with van der Waals surface area (Å²) in [5, 5.41) is 2.16. The third kappa shape index (κ3) is 3.21. The molecule has 0 aliphatic carbocycles. The van der Waals surface area contributed by atoms with Gasteiger partial charge in [0.1, 0.15) is 0 Å². The summed E-state index contributed by atoms with van der Waals surface area (Å²) in [6, 6.07) is 13.4. The van der Waals surface area contributed by atoms with E-state index in [4.69, 9.17) is 0 Å². The Balaban J connectivity index is 1.96. The molecular formula is C15H18S. The number of aryl methyl sites for hydroxylation is 3. The average molecular weight is 230 g/mol. The van der Waals surface area contributed by atoms with Crippen molar-refractivity contribution in [2.75, 3.05) is 0 Å². The maximum absolute atomic E-state index is 2.36. The van der Waals surface area contributed by atoms with Crippen molar-refractivity contribution >= 4 is 11.3 Å². The van der Waals surface area contributed by atoms with E-state index in [-0.39, 0.29) is 0 Å². The molecule has 1 heterocycles. The van der Waals surface area contributed by atoms with Gasteiger partial charge in [0.25, 0.3) is 0 Å². The third-order valence-electron chi connectivity index (χ3n) is 2.77. The zero-order valence-corrected chi connectivity index (χ0v) is 10.6. The summed E-state index contributed by atoms with van der Waals surface area (Å²) >= 11 is 1.86. The fourth-order valence-electron chi connectivity index (χ4n) is 1.95. The molecule has 1 aromatic heterocycles. The summed E-state index contributed by atoms with van der Waals surface area (Å²) < 4.78 is 0. The van der Waals surface area contributed by atoms with Gasteiger partial charge in [0.05, 0.1) is 0 Å². The number of benzene rings is 1. The van der Waals surface area contributed by atoms with Crippen LogP contribution in [0.15, 0.2) is 41.8 Å². The lowest BCUT2D eigenvalue weighted by Gasteiger charge is -2.03. The smallest absolute Gasteiger partial charge is 0.00485 e. The van der Waals surface area contributed by atoms with E-state index in [0.29, 0.717) is 0 Å². The van der Waals surface area contributed by atoms with Crippen LogP contribution in [0.2, 0.25) is 0 Å². The molecule has 0 spiro atoms. The van der Waals surface area contributed by atoms with Crippen molar-refractivity contribution in [3.63, 3.8) is 0 Å². The van der Waals surface area contributed by atoms with Gasteiger partial charge < -0.3 is 0 Å². The first kappa shape index (κ1) is 11.4. The second kappa shape index (κ2) is 5.86. The predicted octanol–water partition coefficient (Wildman–Crippen LogP) is 4.49. The molecule has 0 saturated carbocycles. The molecule has 0 atom stereocenters. The SMILES string of the molecule is CCCc1cccc(CCc2cccs2)c1. The standard InChI is InChI=1S/C15H18S/c1-2-5-13-6-3-7-14(12-13)9-10-15-8-4-11-16-15/h3-4,6-8,11-12H,2,5,9-10H2,1H3. The molecule has 2 aromatic rings. The van der Waals surface area contributed by atoms with Crippen LogP contribution in [-0.2, 0) is 19.3 Å². The normalized spacial score (nSPS) is 10.6. The molecule has 2 rings (SSSR count). The second-order valence-corrected chi connectivity index (χ2v) is 5.18. The summed E-state index contributed by atoms with van der Waals surface area (Å²) in [6.07, 6.45) is 4.77. The van der Waals surface area contributed by atoms with Crippen molar-refractivity contribution < 1.29 is 0 Å².